The average Bonchev–Trinajstić information content (AvgIpc) is 3.01. The van der Waals surface area contributed by atoms with Gasteiger partial charge in [-0.1, -0.05) is 24.3 Å². The molecule has 0 atom stereocenters. The van der Waals surface area contributed by atoms with E-state index < -0.39 is 0 Å². The second-order valence-corrected chi connectivity index (χ2v) is 6.98. The molecule has 1 aliphatic rings. The Balaban J connectivity index is 0.00000338. The van der Waals surface area contributed by atoms with Crippen LogP contribution in [0.5, 0.6) is 0 Å². The van der Waals surface area contributed by atoms with Crippen molar-refractivity contribution in [3.8, 4) is 0 Å². The van der Waals surface area contributed by atoms with Gasteiger partial charge in [0.05, 0.1) is 5.60 Å². The second kappa shape index (κ2) is 10.7. The van der Waals surface area contributed by atoms with Gasteiger partial charge in [-0.25, -0.2) is 0 Å². The zero-order chi connectivity index (χ0) is 18.3. The highest BCUT2D eigenvalue weighted by Crippen LogP contribution is 2.14. The average molecular weight is 474 g/mol. The summed E-state index contributed by atoms with van der Waals surface area (Å²) in [6, 6.07) is 8.37. The summed E-state index contributed by atoms with van der Waals surface area (Å²) in [5.41, 5.74) is 2.10. The molecule has 6 nitrogen and oxygen atoms in total. The fourth-order valence-electron chi connectivity index (χ4n) is 2.63. The third-order valence-corrected chi connectivity index (χ3v) is 4.49. The Morgan fingerprint density at radius 2 is 1.88 bits per heavy atom. The molecule has 0 saturated carbocycles. The van der Waals surface area contributed by atoms with Crippen molar-refractivity contribution in [1.29, 1.82) is 0 Å². The van der Waals surface area contributed by atoms with E-state index in [2.05, 4.69) is 39.9 Å². The van der Waals surface area contributed by atoms with Crippen LogP contribution in [0.1, 0.15) is 37.8 Å². The molecule has 1 aliphatic heterocycles. The van der Waals surface area contributed by atoms with Crippen molar-refractivity contribution < 1.29 is 9.53 Å². The number of rotatable bonds is 7. The zero-order valence-electron chi connectivity index (χ0n) is 16.2. The number of nitrogens with zero attached hydrogens (tertiary/aromatic N) is 2. The Kier molecular flexibility index (Phi) is 9.35. The van der Waals surface area contributed by atoms with Gasteiger partial charge in [0.25, 0.3) is 0 Å². The minimum Gasteiger partial charge on any atom is -0.377 e. The molecular formula is C19H31IN4O2. The van der Waals surface area contributed by atoms with E-state index >= 15 is 0 Å². The monoisotopic (exact) mass is 474 g/mol. The highest BCUT2D eigenvalue weighted by atomic mass is 127. The van der Waals surface area contributed by atoms with Gasteiger partial charge in [-0.05, 0) is 31.4 Å². The molecule has 1 heterocycles. The molecule has 1 amide bonds. The number of likely N-dealkylation sites (tertiary alicyclic amines) is 1. The third-order valence-electron chi connectivity index (χ3n) is 4.49. The van der Waals surface area contributed by atoms with E-state index in [1.54, 1.807) is 14.2 Å². The quantitative estimate of drug-likeness (QED) is 0.362. The summed E-state index contributed by atoms with van der Waals surface area (Å²) in [5.74, 6) is 1.01. The number of methoxy groups -OCH3 is 1. The van der Waals surface area contributed by atoms with E-state index in [9.17, 15) is 4.79 Å². The van der Waals surface area contributed by atoms with Crippen LogP contribution < -0.4 is 10.6 Å². The molecule has 0 radical (unpaired) electrons. The van der Waals surface area contributed by atoms with E-state index in [0.29, 0.717) is 26.1 Å². The summed E-state index contributed by atoms with van der Waals surface area (Å²) in [6.07, 6.45) is 1.67. The molecule has 1 aromatic carbocycles. The normalized spacial score (nSPS) is 15.0. The van der Waals surface area contributed by atoms with Crippen molar-refractivity contribution in [2.24, 2.45) is 4.99 Å². The molecule has 7 heteroatoms. The number of carbonyl (C=O) groups is 1. The highest BCUT2D eigenvalue weighted by Gasteiger charge is 2.20. The van der Waals surface area contributed by atoms with E-state index in [0.717, 1.165) is 18.9 Å². The van der Waals surface area contributed by atoms with Crippen LogP contribution in [0.2, 0.25) is 0 Å². The van der Waals surface area contributed by atoms with Crippen LogP contribution in [0.15, 0.2) is 29.3 Å². The first kappa shape index (κ1) is 22.7. The molecule has 0 spiro atoms. The van der Waals surface area contributed by atoms with Crippen LogP contribution in [0.3, 0.4) is 0 Å². The first-order valence-corrected chi connectivity index (χ1v) is 8.79. The minimum atomic E-state index is -0.244. The Morgan fingerprint density at radius 1 is 1.23 bits per heavy atom. The van der Waals surface area contributed by atoms with Crippen LogP contribution in [0, 0.1) is 0 Å². The molecule has 2 rings (SSSR count). The summed E-state index contributed by atoms with van der Waals surface area (Å²) in [5, 5.41) is 6.57. The van der Waals surface area contributed by atoms with E-state index in [1.165, 1.54) is 11.1 Å². The van der Waals surface area contributed by atoms with Crippen LogP contribution in [0.25, 0.3) is 0 Å². The van der Waals surface area contributed by atoms with Crippen LogP contribution in [-0.4, -0.2) is 49.6 Å². The Hall–Kier alpha value is -1.35. The number of aliphatic imine (C=N–C) groups is 1. The summed E-state index contributed by atoms with van der Waals surface area (Å²) in [7, 11) is 3.46. The maximum absolute atomic E-state index is 11.7. The third kappa shape index (κ3) is 7.11. The van der Waals surface area contributed by atoms with Crippen molar-refractivity contribution in [2.75, 3.05) is 27.2 Å². The highest BCUT2D eigenvalue weighted by molar-refractivity contribution is 14.0. The lowest BCUT2D eigenvalue weighted by molar-refractivity contribution is -0.128. The van der Waals surface area contributed by atoms with Gasteiger partial charge in [0, 0.05) is 46.8 Å². The Bertz CT molecular complexity index is 602. The van der Waals surface area contributed by atoms with Gasteiger partial charge < -0.3 is 20.3 Å². The number of guanidine groups is 1. The molecule has 1 aromatic rings. The first-order valence-electron chi connectivity index (χ1n) is 8.79. The largest absolute Gasteiger partial charge is 0.377 e. The van der Waals surface area contributed by atoms with Crippen molar-refractivity contribution in [1.82, 2.24) is 15.5 Å². The lowest BCUT2D eigenvalue weighted by Crippen LogP contribution is -2.45. The molecule has 1 saturated heterocycles. The lowest BCUT2D eigenvalue weighted by Gasteiger charge is -2.24. The Morgan fingerprint density at radius 3 is 2.42 bits per heavy atom. The predicted octanol–water partition coefficient (Wildman–Crippen LogP) is 2.52. The number of ether oxygens (including phenoxy) is 1. The fraction of sp³-hybridized carbons (Fsp3) is 0.579. The van der Waals surface area contributed by atoms with E-state index in [1.807, 2.05) is 18.7 Å². The van der Waals surface area contributed by atoms with Crippen molar-refractivity contribution in [3.63, 3.8) is 0 Å². The number of nitrogens with one attached hydrogen (secondary N) is 2. The molecule has 0 aromatic heterocycles. The SMILES string of the molecule is CN=C(NCc1ccc(CN2CCCC2=O)cc1)NCC(C)(C)OC.I. The summed E-state index contributed by atoms with van der Waals surface area (Å²) >= 11 is 0. The molecule has 0 unspecified atom stereocenters. The van der Waals surface area contributed by atoms with Gasteiger partial charge in [0.15, 0.2) is 5.96 Å². The zero-order valence-corrected chi connectivity index (χ0v) is 18.5. The van der Waals surface area contributed by atoms with Crippen molar-refractivity contribution in [2.45, 2.75) is 45.4 Å². The van der Waals surface area contributed by atoms with E-state index in [-0.39, 0.29) is 35.5 Å². The summed E-state index contributed by atoms with van der Waals surface area (Å²) in [4.78, 5) is 17.9. The number of amides is 1. The van der Waals surface area contributed by atoms with Crippen molar-refractivity contribution in [3.05, 3.63) is 35.4 Å². The molecule has 2 N–H and O–H groups in total. The van der Waals surface area contributed by atoms with Crippen LogP contribution in [0.4, 0.5) is 0 Å². The van der Waals surface area contributed by atoms with Gasteiger partial charge in [-0.3, -0.25) is 9.79 Å². The smallest absolute Gasteiger partial charge is 0.222 e. The van der Waals surface area contributed by atoms with E-state index in [4.69, 9.17) is 4.74 Å². The van der Waals surface area contributed by atoms with Gasteiger partial charge in [0.1, 0.15) is 0 Å². The van der Waals surface area contributed by atoms with Gasteiger partial charge in [-0.15, -0.1) is 24.0 Å². The van der Waals surface area contributed by atoms with Crippen LogP contribution in [-0.2, 0) is 22.6 Å². The number of benzene rings is 1. The lowest BCUT2D eigenvalue weighted by atomic mass is 10.1. The van der Waals surface area contributed by atoms with Gasteiger partial charge in [0.2, 0.25) is 5.91 Å². The number of halogens is 1. The number of carbonyl (C=O) groups excluding carboxylic acids is 1. The second-order valence-electron chi connectivity index (χ2n) is 6.98. The number of hydrogen-bond donors (Lipinski definition) is 2. The molecule has 1 fully saturated rings. The molecule has 0 bridgehead atoms. The van der Waals surface area contributed by atoms with Crippen LogP contribution >= 0.6 is 24.0 Å². The summed E-state index contributed by atoms with van der Waals surface area (Å²) < 4.78 is 5.40. The Labute approximate surface area is 173 Å². The number of hydrogen-bond acceptors (Lipinski definition) is 3. The minimum absolute atomic E-state index is 0. The summed E-state index contributed by atoms with van der Waals surface area (Å²) in [6.45, 7) is 7.00. The topological polar surface area (TPSA) is 66.0 Å². The molecule has 0 aliphatic carbocycles. The maximum atomic E-state index is 11.7. The molecule has 146 valence electrons. The van der Waals surface area contributed by atoms with Gasteiger partial charge >= 0.3 is 0 Å². The maximum Gasteiger partial charge on any atom is 0.222 e. The standard InChI is InChI=1S/C19H30N4O2.HI/c1-19(2,25-4)14-22-18(20-3)21-12-15-7-9-16(10-8-15)13-23-11-5-6-17(23)24;/h7-10H,5-6,11-14H2,1-4H3,(H2,20,21,22);1H. The molecular weight excluding hydrogens is 443 g/mol. The molecule has 26 heavy (non-hydrogen) atoms. The van der Waals surface area contributed by atoms with Gasteiger partial charge in [-0.2, -0.15) is 0 Å². The fourth-order valence-corrected chi connectivity index (χ4v) is 2.63. The first-order chi connectivity index (χ1) is 11.9. The predicted molar refractivity (Wildman–Crippen MR) is 116 cm³/mol. The van der Waals surface area contributed by atoms with Crippen molar-refractivity contribution >= 4 is 35.8 Å².